The molecule has 3 N–H and O–H groups in total. The van der Waals surface area contributed by atoms with Crippen molar-refractivity contribution in [3.63, 3.8) is 0 Å². The van der Waals surface area contributed by atoms with E-state index >= 15 is 0 Å². The molecule has 1 aliphatic carbocycles. The normalized spacial score (nSPS) is 15.7. The summed E-state index contributed by atoms with van der Waals surface area (Å²) in [5.74, 6) is 1.78. The summed E-state index contributed by atoms with van der Waals surface area (Å²) in [7, 11) is 1.98. The molecule has 0 bridgehead atoms. The molecular weight excluding hydrogens is 442 g/mol. The maximum Gasteiger partial charge on any atom is 0.250 e. The van der Waals surface area contributed by atoms with Crippen LogP contribution < -0.4 is 11.1 Å². The molecule has 5 rings (SSSR count). The molecule has 3 aromatic heterocycles. The van der Waals surface area contributed by atoms with E-state index < -0.39 is 0 Å². The number of hydrogen-bond donors (Lipinski definition) is 2. The van der Waals surface area contributed by atoms with Gasteiger partial charge in [-0.15, -0.1) is 0 Å². The quantitative estimate of drug-likeness (QED) is 0.403. The fraction of sp³-hybridized carbons (Fsp3) is 0.269. The second kappa shape index (κ2) is 8.83. The van der Waals surface area contributed by atoms with E-state index in [9.17, 15) is 4.79 Å². The van der Waals surface area contributed by atoms with E-state index in [0.717, 1.165) is 47.1 Å². The highest BCUT2D eigenvalue weighted by Gasteiger charge is 2.27. The van der Waals surface area contributed by atoms with Gasteiger partial charge in [-0.05, 0) is 56.4 Å². The summed E-state index contributed by atoms with van der Waals surface area (Å²) in [4.78, 5) is 25.2. The van der Waals surface area contributed by atoms with Crippen LogP contribution >= 0.6 is 0 Å². The predicted octanol–water partition coefficient (Wildman–Crippen LogP) is 4.77. The molecule has 35 heavy (non-hydrogen) atoms. The Hall–Kier alpha value is -4.27. The minimum Gasteiger partial charge on any atom is -0.383 e. The number of anilines is 2. The predicted molar refractivity (Wildman–Crippen MR) is 135 cm³/mol. The molecule has 1 amide bonds. The number of hydrogen-bond acceptors (Lipinski definition) is 7. The number of nitrogens with two attached hydrogens (primary N) is 1. The third-order valence-corrected chi connectivity index (χ3v) is 6.42. The number of rotatable bonds is 5. The molecule has 4 aromatic rings. The number of nitrogens with zero attached hydrogens (tertiary/aromatic N) is 5. The Morgan fingerprint density at radius 3 is 2.66 bits per heavy atom. The fourth-order valence-electron chi connectivity index (χ4n) is 4.64. The van der Waals surface area contributed by atoms with Crippen molar-refractivity contribution in [3.8, 4) is 11.3 Å². The highest BCUT2D eigenvalue weighted by Crippen LogP contribution is 2.44. The third-order valence-electron chi connectivity index (χ3n) is 6.42. The van der Waals surface area contributed by atoms with Crippen LogP contribution in [0, 0.1) is 6.92 Å². The second-order valence-corrected chi connectivity index (χ2v) is 8.93. The lowest BCUT2D eigenvalue weighted by Gasteiger charge is -2.20. The van der Waals surface area contributed by atoms with Crippen LogP contribution in [0.5, 0.6) is 0 Å². The van der Waals surface area contributed by atoms with Gasteiger partial charge >= 0.3 is 0 Å². The van der Waals surface area contributed by atoms with Gasteiger partial charge in [0, 0.05) is 29.8 Å². The van der Waals surface area contributed by atoms with Gasteiger partial charge in [0.15, 0.2) is 5.82 Å². The lowest BCUT2D eigenvalue weighted by Crippen LogP contribution is -2.11. The molecule has 1 unspecified atom stereocenters. The molecule has 178 valence electrons. The number of nitrogens with one attached hydrogen (secondary N) is 1. The van der Waals surface area contributed by atoms with Crippen molar-refractivity contribution in [2.24, 2.45) is 7.05 Å². The first-order valence-electron chi connectivity index (χ1n) is 11.5. The molecule has 1 atom stereocenters. The summed E-state index contributed by atoms with van der Waals surface area (Å²) in [6.07, 6.45) is 6.25. The van der Waals surface area contributed by atoms with Crippen molar-refractivity contribution in [1.82, 2.24) is 24.7 Å². The molecule has 1 aliphatic rings. The number of aryl methyl sites for hydroxylation is 2. The van der Waals surface area contributed by atoms with E-state index in [1.165, 1.54) is 11.9 Å². The Labute approximate surface area is 202 Å². The van der Waals surface area contributed by atoms with Gasteiger partial charge in [0.2, 0.25) is 5.89 Å². The first-order valence-corrected chi connectivity index (χ1v) is 11.5. The molecule has 1 aromatic carbocycles. The number of carbonyl (C=O) groups excluding carboxylic acids is 1. The van der Waals surface area contributed by atoms with Crippen LogP contribution in [0.1, 0.15) is 49.4 Å². The van der Waals surface area contributed by atoms with E-state index in [1.54, 1.807) is 6.92 Å². The molecule has 3 heterocycles. The van der Waals surface area contributed by atoms with Gasteiger partial charge in [-0.25, -0.2) is 9.97 Å². The summed E-state index contributed by atoms with van der Waals surface area (Å²) < 4.78 is 7.47. The third kappa shape index (κ3) is 4.09. The largest absolute Gasteiger partial charge is 0.383 e. The molecule has 0 fully saturated rings. The molecule has 0 radical (unpaired) electrons. The molecule has 0 spiro atoms. The monoisotopic (exact) mass is 469 g/mol. The van der Waals surface area contributed by atoms with Gasteiger partial charge in [-0.3, -0.25) is 4.79 Å². The van der Waals surface area contributed by atoms with Crippen LogP contribution in [0.2, 0.25) is 0 Å². The Bertz CT molecular complexity index is 1480. The molecule has 0 saturated carbocycles. The van der Waals surface area contributed by atoms with Crippen molar-refractivity contribution in [3.05, 3.63) is 66.1 Å². The van der Waals surface area contributed by atoms with Crippen LogP contribution in [0.4, 0.5) is 11.5 Å². The van der Waals surface area contributed by atoms with Gasteiger partial charge in [-0.2, -0.15) is 4.98 Å². The molecule has 0 aliphatic heterocycles. The van der Waals surface area contributed by atoms with Crippen LogP contribution in [-0.4, -0.2) is 30.6 Å². The van der Waals surface area contributed by atoms with E-state index in [4.69, 9.17) is 10.3 Å². The maximum atomic E-state index is 12.0. The van der Waals surface area contributed by atoms with Gasteiger partial charge in [-0.1, -0.05) is 29.9 Å². The Kier molecular flexibility index (Phi) is 5.68. The number of carbonyl (C=O) groups is 1. The highest BCUT2D eigenvalue weighted by molar-refractivity contribution is 6.05. The van der Waals surface area contributed by atoms with E-state index in [0.29, 0.717) is 28.8 Å². The van der Waals surface area contributed by atoms with Crippen molar-refractivity contribution in [1.29, 1.82) is 0 Å². The lowest BCUT2D eigenvalue weighted by atomic mass is 9.85. The topological polar surface area (TPSA) is 125 Å². The zero-order valence-electron chi connectivity index (χ0n) is 20.0. The van der Waals surface area contributed by atoms with Crippen molar-refractivity contribution < 1.29 is 9.32 Å². The Morgan fingerprint density at radius 1 is 1.26 bits per heavy atom. The Morgan fingerprint density at radius 2 is 2.03 bits per heavy atom. The second-order valence-electron chi connectivity index (χ2n) is 8.93. The van der Waals surface area contributed by atoms with Crippen LogP contribution in [0.15, 0.2) is 53.3 Å². The average molecular weight is 470 g/mol. The molecule has 0 saturated heterocycles. The average Bonchev–Trinajstić information content (AvgIpc) is 3.41. The Balaban J connectivity index is 1.57. The van der Waals surface area contributed by atoms with Crippen LogP contribution in [-0.2, 0) is 11.8 Å². The number of aromatic nitrogens is 5. The van der Waals surface area contributed by atoms with E-state index in [-0.39, 0.29) is 11.8 Å². The summed E-state index contributed by atoms with van der Waals surface area (Å²) in [5.41, 5.74) is 12.5. The van der Waals surface area contributed by atoms with Gasteiger partial charge in [0.05, 0.1) is 11.1 Å². The number of allylic oxidation sites excluding steroid dienone is 2. The minimum atomic E-state index is -0.204. The van der Waals surface area contributed by atoms with Crippen LogP contribution in [0.3, 0.4) is 0 Å². The molecule has 9 heteroatoms. The van der Waals surface area contributed by atoms with Gasteiger partial charge in [0.25, 0.3) is 5.91 Å². The van der Waals surface area contributed by atoms with Crippen molar-refractivity contribution >= 4 is 34.0 Å². The molecular formula is C26H27N7O2. The number of amides is 1. The van der Waals surface area contributed by atoms with E-state index in [1.807, 2.05) is 38.2 Å². The fourth-order valence-corrected chi connectivity index (χ4v) is 4.64. The summed E-state index contributed by atoms with van der Waals surface area (Å²) >= 11 is 0. The first kappa shape index (κ1) is 22.5. The standard InChI is InChI=1S/C26H27N7O2/c1-14(2)25(34)31-19-11-9-17(10-12-19)22-20(21-23(27)28-13-29-24(21)33(22)4)16-5-7-18(8-6-16)26-30-15(3)32-35-26/h5,9-13,18H,1,6-8H2,2-4H3,(H,31,34)(H2,27,28,29). The summed E-state index contributed by atoms with van der Waals surface area (Å²) in [6.45, 7) is 7.20. The minimum absolute atomic E-state index is 0.197. The van der Waals surface area contributed by atoms with Crippen molar-refractivity contribution in [2.45, 2.75) is 39.0 Å². The number of fused-ring (bicyclic) bond motifs is 1. The zero-order chi connectivity index (χ0) is 24.7. The molecule has 9 nitrogen and oxygen atoms in total. The highest BCUT2D eigenvalue weighted by atomic mass is 16.5. The summed E-state index contributed by atoms with van der Waals surface area (Å²) in [5, 5.41) is 7.64. The van der Waals surface area contributed by atoms with Gasteiger partial charge < -0.3 is 20.1 Å². The zero-order valence-corrected chi connectivity index (χ0v) is 20.0. The van der Waals surface area contributed by atoms with Crippen molar-refractivity contribution in [2.75, 3.05) is 11.1 Å². The lowest BCUT2D eigenvalue weighted by molar-refractivity contribution is -0.112. The smallest absolute Gasteiger partial charge is 0.250 e. The number of nitrogen functional groups attached to an aromatic ring is 1. The first-order chi connectivity index (χ1) is 16.8. The summed E-state index contributed by atoms with van der Waals surface area (Å²) in [6, 6.07) is 7.75. The maximum absolute atomic E-state index is 12.0. The SMILES string of the molecule is C=C(C)C(=O)Nc1ccc(-c2c(C3=CCC(c4nc(C)no4)CC3)c3c(N)ncnc3n2C)cc1. The van der Waals surface area contributed by atoms with Crippen LogP contribution in [0.25, 0.3) is 27.9 Å². The van der Waals surface area contributed by atoms with Gasteiger partial charge in [0.1, 0.15) is 17.8 Å². The number of benzene rings is 1. The van der Waals surface area contributed by atoms with E-state index in [2.05, 4.69) is 42.6 Å².